The fraction of sp³-hybridized carbons (Fsp3) is 0.500. The second-order valence-electron chi connectivity index (χ2n) is 4.87. The molecule has 1 aliphatic carbocycles. The Bertz CT molecular complexity index is 339. The molecule has 0 aromatic carbocycles. The zero-order valence-electron chi connectivity index (χ0n) is 9.83. The highest BCUT2D eigenvalue weighted by Crippen LogP contribution is 2.31. The standard InChI is InChI=1S/C14H19N/c1-12(2)11-14(3)8-4-5-13(6-9-14)7-10-15/h4-6,8-9,12H,7,11H2,1-3H3. The second-order valence-corrected chi connectivity index (χ2v) is 4.87. The number of hydrogen-bond donors (Lipinski definition) is 0. The van der Waals surface area contributed by atoms with E-state index in [0.717, 1.165) is 12.0 Å². The van der Waals surface area contributed by atoms with Crippen molar-refractivity contribution >= 4 is 0 Å². The van der Waals surface area contributed by atoms with Crippen LogP contribution in [0.25, 0.3) is 0 Å². The fourth-order valence-electron chi connectivity index (χ4n) is 2.02. The number of allylic oxidation sites excluding steroid dienone is 6. The smallest absolute Gasteiger partial charge is 0.0669 e. The largest absolute Gasteiger partial charge is 0.198 e. The van der Waals surface area contributed by atoms with Crippen molar-refractivity contribution < 1.29 is 0 Å². The molecule has 0 spiro atoms. The lowest BCUT2D eigenvalue weighted by molar-refractivity contribution is 0.410. The van der Waals surface area contributed by atoms with E-state index in [2.05, 4.69) is 51.1 Å². The molecule has 0 aromatic rings. The molecule has 80 valence electrons. The van der Waals surface area contributed by atoms with Gasteiger partial charge in [-0.15, -0.1) is 0 Å². The van der Waals surface area contributed by atoms with Crippen LogP contribution in [0.5, 0.6) is 0 Å². The number of rotatable bonds is 3. The molecule has 0 radical (unpaired) electrons. The molecule has 1 rings (SSSR count). The molecular formula is C14H19N. The summed E-state index contributed by atoms with van der Waals surface area (Å²) in [5.74, 6) is 0.682. The average molecular weight is 201 g/mol. The third kappa shape index (κ3) is 3.75. The van der Waals surface area contributed by atoms with E-state index >= 15 is 0 Å². The topological polar surface area (TPSA) is 23.8 Å². The Kier molecular flexibility index (Phi) is 3.91. The van der Waals surface area contributed by atoms with Crippen LogP contribution in [0.1, 0.15) is 33.6 Å². The van der Waals surface area contributed by atoms with Crippen LogP contribution >= 0.6 is 0 Å². The third-order valence-corrected chi connectivity index (χ3v) is 2.60. The number of hydrogen-bond acceptors (Lipinski definition) is 1. The number of nitrogens with zero attached hydrogens (tertiary/aromatic N) is 1. The zero-order chi connectivity index (χ0) is 11.3. The summed E-state index contributed by atoms with van der Waals surface area (Å²) in [6.45, 7) is 6.71. The van der Waals surface area contributed by atoms with Gasteiger partial charge in [-0.1, -0.05) is 51.2 Å². The maximum absolute atomic E-state index is 8.64. The Morgan fingerprint density at radius 3 is 2.73 bits per heavy atom. The molecule has 0 saturated heterocycles. The minimum atomic E-state index is 0.141. The first kappa shape index (κ1) is 11.8. The predicted molar refractivity (Wildman–Crippen MR) is 64.2 cm³/mol. The Balaban J connectivity index is 2.77. The molecule has 0 aliphatic heterocycles. The highest BCUT2D eigenvalue weighted by Gasteiger charge is 2.19. The zero-order valence-corrected chi connectivity index (χ0v) is 9.83. The molecule has 0 fully saturated rings. The fourth-order valence-corrected chi connectivity index (χ4v) is 2.02. The summed E-state index contributed by atoms with van der Waals surface area (Å²) in [6, 6.07) is 2.18. The summed E-state index contributed by atoms with van der Waals surface area (Å²) < 4.78 is 0. The minimum Gasteiger partial charge on any atom is -0.198 e. The van der Waals surface area contributed by atoms with Crippen LogP contribution in [0.15, 0.2) is 36.0 Å². The van der Waals surface area contributed by atoms with Gasteiger partial charge in [0.1, 0.15) is 0 Å². The molecule has 0 bridgehead atoms. The van der Waals surface area contributed by atoms with E-state index in [-0.39, 0.29) is 5.41 Å². The third-order valence-electron chi connectivity index (χ3n) is 2.60. The Labute approximate surface area is 92.8 Å². The van der Waals surface area contributed by atoms with E-state index in [4.69, 9.17) is 5.26 Å². The van der Waals surface area contributed by atoms with Crippen molar-refractivity contribution in [2.24, 2.45) is 11.3 Å². The van der Waals surface area contributed by atoms with Crippen LogP contribution in [0, 0.1) is 22.7 Å². The first-order valence-electron chi connectivity index (χ1n) is 5.50. The van der Waals surface area contributed by atoms with Crippen molar-refractivity contribution in [2.45, 2.75) is 33.6 Å². The quantitative estimate of drug-likeness (QED) is 0.677. The van der Waals surface area contributed by atoms with Gasteiger partial charge in [-0.3, -0.25) is 0 Å². The summed E-state index contributed by atoms with van der Waals surface area (Å²) in [4.78, 5) is 0. The van der Waals surface area contributed by atoms with E-state index < -0.39 is 0 Å². The normalized spacial score (nSPS) is 24.9. The van der Waals surface area contributed by atoms with Crippen LogP contribution in [-0.4, -0.2) is 0 Å². The van der Waals surface area contributed by atoms with Gasteiger partial charge in [0.05, 0.1) is 12.5 Å². The Morgan fingerprint density at radius 1 is 1.40 bits per heavy atom. The predicted octanol–water partition coefficient (Wildman–Crippen LogP) is 4.00. The van der Waals surface area contributed by atoms with Crippen LogP contribution < -0.4 is 0 Å². The van der Waals surface area contributed by atoms with E-state index in [9.17, 15) is 0 Å². The van der Waals surface area contributed by atoms with Crippen molar-refractivity contribution in [2.75, 3.05) is 0 Å². The molecular weight excluding hydrogens is 182 g/mol. The molecule has 0 N–H and O–H groups in total. The van der Waals surface area contributed by atoms with Crippen molar-refractivity contribution in [3.8, 4) is 6.07 Å². The monoisotopic (exact) mass is 201 g/mol. The molecule has 15 heavy (non-hydrogen) atoms. The van der Waals surface area contributed by atoms with Crippen LogP contribution in [0.3, 0.4) is 0 Å². The molecule has 0 amide bonds. The van der Waals surface area contributed by atoms with Gasteiger partial charge in [0, 0.05) is 5.41 Å². The summed E-state index contributed by atoms with van der Waals surface area (Å²) in [6.07, 6.45) is 12.3. The Hall–Kier alpha value is -1.29. The summed E-state index contributed by atoms with van der Waals surface area (Å²) in [5.41, 5.74) is 1.24. The number of nitriles is 1. The highest BCUT2D eigenvalue weighted by atomic mass is 14.3. The van der Waals surface area contributed by atoms with Crippen molar-refractivity contribution in [1.82, 2.24) is 0 Å². The van der Waals surface area contributed by atoms with Crippen molar-refractivity contribution in [3.63, 3.8) is 0 Å². The molecule has 1 heteroatoms. The van der Waals surface area contributed by atoms with Gasteiger partial charge in [-0.2, -0.15) is 5.26 Å². The van der Waals surface area contributed by atoms with E-state index in [1.54, 1.807) is 0 Å². The molecule has 1 atom stereocenters. The highest BCUT2D eigenvalue weighted by molar-refractivity contribution is 5.32. The van der Waals surface area contributed by atoms with Crippen LogP contribution in [0.4, 0.5) is 0 Å². The molecule has 0 heterocycles. The van der Waals surface area contributed by atoms with Crippen LogP contribution in [-0.2, 0) is 0 Å². The van der Waals surface area contributed by atoms with Gasteiger partial charge in [0.15, 0.2) is 0 Å². The molecule has 0 aromatic heterocycles. The lowest BCUT2D eigenvalue weighted by Crippen LogP contribution is -2.12. The van der Waals surface area contributed by atoms with E-state index in [0.29, 0.717) is 12.3 Å². The van der Waals surface area contributed by atoms with Gasteiger partial charge < -0.3 is 0 Å². The first-order chi connectivity index (χ1) is 7.06. The summed E-state index contributed by atoms with van der Waals surface area (Å²) >= 11 is 0. The molecule has 0 saturated carbocycles. The van der Waals surface area contributed by atoms with Crippen molar-refractivity contribution in [1.29, 1.82) is 5.26 Å². The maximum Gasteiger partial charge on any atom is 0.0669 e. The average Bonchev–Trinajstić information content (AvgIpc) is 2.28. The molecule has 1 unspecified atom stereocenters. The lowest BCUT2D eigenvalue weighted by Gasteiger charge is -2.23. The van der Waals surface area contributed by atoms with Gasteiger partial charge >= 0.3 is 0 Å². The second kappa shape index (κ2) is 4.98. The summed E-state index contributed by atoms with van der Waals surface area (Å²) in [5, 5.41) is 8.64. The van der Waals surface area contributed by atoms with Gasteiger partial charge in [-0.25, -0.2) is 0 Å². The maximum atomic E-state index is 8.64. The van der Waals surface area contributed by atoms with Gasteiger partial charge in [0.25, 0.3) is 0 Å². The van der Waals surface area contributed by atoms with Gasteiger partial charge in [-0.05, 0) is 17.9 Å². The van der Waals surface area contributed by atoms with E-state index in [1.807, 2.05) is 6.08 Å². The molecule has 1 aliphatic rings. The summed E-state index contributed by atoms with van der Waals surface area (Å²) in [7, 11) is 0. The lowest BCUT2D eigenvalue weighted by atomic mass is 9.81. The van der Waals surface area contributed by atoms with E-state index in [1.165, 1.54) is 0 Å². The van der Waals surface area contributed by atoms with Crippen molar-refractivity contribution in [3.05, 3.63) is 36.0 Å². The minimum absolute atomic E-state index is 0.141. The Morgan fingerprint density at radius 2 is 2.13 bits per heavy atom. The molecule has 1 nitrogen and oxygen atoms in total. The first-order valence-corrected chi connectivity index (χ1v) is 5.50. The van der Waals surface area contributed by atoms with Crippen LogP contribution in [0.2, 0.25) is 0 Å². The van der Waals surface area contributed by atoms with Gasteiger partial charge in [0.2, 0.25) is 0 Å². The SMILES string of the molecule is CC(C)CC1(C)C=CC=C(CC#N)C=C1.